The zero-order chi connectivity index (χ0) is 39.6. The second-order valence-corrected chi connectivity index (χ2v) is 15.6. The van der Waals surface area contributed by atoms with Gasteiger partial charge in [-0.15, -0.1) is 0 Å². The highest BCUT2D eigenvalue weighted by Crippen LogP contribution is 2.47. The molecule has 0 fully saturated rings. The first-order valence-electron chi connectivity index (χ1n) is 20.6. The molecule has 0 aliphatic heterocycles. The van der Waals surface area contributed by atoms with E-state index in [9.17, 15) is 0 Å². The lowest BCUT2D eigenvalue weighted by Gasteiger charge is -2.29. The van der Waals surface area contributed by atoms with Gasteiger partial charge in [0.15, 0.2) is 0 Å². The number of nitrogens with zero attached hydrogens (tertiary/aromatic N) is 1. The summed E-state index contributed by atoms with van der Waals surface area (Å²) in [7, 11) is 0. The topological polar surface area (TPSA) is 16.4 Å². The summed E-state index contributed by atoms with van der Waals surface area (Å²) < 4.78 is 6.92. The van der Waals surface area contributed by atoms with Gasteiger partial charge in [0.2, 0.25) is 0 Å². The molecule has 280 valence electrons. The number of hydrogen-bond donors (Lipinski definition) is 0. The van der Waals surface area contributed by atoms with Crippen molar-refractivity contribution in [1.29, 1.82) is 0 Å². The Balaban J connectivity index is 1.02. The highest BCUT2D eigenvalue weighted by Gasteiger charge is 2.22. The monoisotopic (exact) mass is 763 g/mol. The molecular weight excluding hydrogens is 727 g/mol. The maximum absolute atomic E-state index is 6.92. The van der Waals surface area contributed by atoms with Gasteiger partial charge < -0.3 is 9.32 Å². The highest BCUT2D eigenvalue weighted by molar-refractivity contribution is 6.18. The molecule has 11 aromatic carbocycles. The summed E-state index contributed by atoms with van der Waals surface area (Å²) in [4.78, 5) is 2.43. The van der Waals surface area contributed by atoms with Crippen molar-refractivity contribution in [3.63, 3.8) is 0 Å². The SMILES string of the molecule is c1ccc(N(c2ccc(-c3ccc(-c4cccc5ccccc45)cc3)cc2)c2cccc3c2ccc2ccccc23)c(-c2cccc3c2oc2c4ccccc4ccc32)c1. The first-order valence-corrected chi connectivity index (χ1v) is 20.6. The summed E-state index contributed by atoms with van der Waals surface area (Å²) in [6.45, 7) is 0. The molecule has 0 aliphatic rings. The molecule has 2 heteroatoms. The summed E-state index contributed by atoms with van der Waals surface area (Å²) in [5.41, 5.74) is 12.0. The molecule has 0 amide bonds. The van der Waals surface area contributed by atoms with Gasteiger partial charge in [0.05, 0.1) is 11.4 Å². The van der Waals surface area contributed by atoms with Crippen LogP contribution in [-0.2, 0) is 0 Å². The molecular formula is C58H37NO. The Labute approximate surface area is 347 Å². The predicted molar refractivity (Wildman–Crippen MR) is 255 cm³/mol. The van der Waals surface area contributed by atoms with Gasteiger partial charge in [-0.25, -0.2) is 0 Å². The number of benzene rings is 11. The molecule has 0 saturated heterocycles. The number of hydrogen-bond acceptors (Lipinski definition) is 2. The zero-order valence-corrected chi connectivity index (χ0v) is 32.7. The van der Waals surface area contributed by atoms with Crippen LogP contribution in [0.3, 0.4) is 0 Å². The fourth-order valence-electron chi connectivity index (χ4n) is 9.38. The molecule has 0 atom stereocenters. The molecule has 0 spiro atoms. The van der Waals surface area contributed by atoms with Crippen molar-refractivity contribution in [3.8, 4) is 33.4 Å². The summed E-state index contributed by atoms with van der Waals surface area (Å²) in [6, 6.07) is 81.2. The van der Waals surface area contributed by atoms with Crippen molar-refractivity contribution < 1.29 is 4.42 Å². The van der Waals surface area contributed by atoms with E-state index in [1.54, 1.807) is 0 Å². The maximum Gasteiger partial charge on any atom is 0.143 e. The van der Waals surface area contributed by atoms with Crippen LogP contribution < -0.4 is 4.90 Å². The Bertz CT molecular complexity index is 3590. The zero-order valence-electron chi connectivity index (χ0n) is 32.7. The van der Waals surface area contributed by atoms with Crippen LogP contribution >= 0.6 is 0 Å². The van der Waals surface area contributed by atoms with E-state index in [0.717, 1.165) is 55.5 Å². The summed E-state index contributed by atoms with van der Waals surface area (Å²) in [5.74, 6) is 0. The molecule has 0 saturated carbocycles. The van der Waals surface area contributed by atoms with Crippen molar-refractivity contribution in [2.45, 2.75) is 0 Å². The highest BCUT2D eigenvalue weighted by atomic mass is 16.3. The molecule has 0 unspecified atom stereocenters. The standard InChI is InChI=1S/C58H37NO/c1-4-16-45-40(12-1)15-9-20-46(45)43-28-26-38(27-29-43)39-30-34-44(35-31-39)59(56-25-11-21-49-47-17-5-2-13-41(47)32-36-51(49)56)55-24-8-7-19-50(55)52-22-10-23-53-54-37-33-42-14-3-6-18-48(42)57(54)60-58(52)53/h1-37H. The van der Waals surface area contributed by atoms with Crippen LogP contribution in [0.5, 0.6) is 0 Å². The van der Waals surface area contributed by atoms with E-state index in [1.807, 2.05) is 0 Å². The maximum atomic E-state index is 6.92. The van der Waals surface area contributed by atoms with Gasteiger partial charge in [-0.3, -0.25) is 0 Å². The minimum atomic E-state index is 0.891. The van der Waals surface area contributed by atoms with Crippen molar-refractivity contribution in [1.82, 2.24) is 0 Å². The molecule has 0 N–H and O–H groups in total. The average Bonchev–Trinajstić information content (AvgIpc) is 3.72. The van der Waals surface area contributed by atoms with Crippen molar-refractivity contribution >= 4 is 82.1 Å². The minimum absolute atomic E-state index is 0.891. The normalized spacial score (nSPS) is 11.7. The molecule has 0 radical (unpaired) electrons. The lowest BCUT2D eigenvalue weighted by molar-refractivity contribution is 0.674. The molecule has 0 aliphatic carbocycles. The van der Waals surface area contributed by atoms with Crippen LogP contribution in [0, 0.1) is 0 Å². The Hall–Kier alpha value is -7.94. The van der Waals surface area contributed by atoms with Crippen molar-refractivity contribution in [3.05, 3.63) is 224 Å². The second-order valence-electron chi connectivity index (χ2n) is 15.6. The summed E-state index contributed by atoms with van der Waals surface area (Å²) in [6.07, 6.45) is 0. The third-order valence-corrected chi connectivity index (χ3v) is 12.3. The Morgan fingerprint density at radius 1 is 0.250 bits per heavy atom. The van der Waals surface area contributed by atoms with E-state index in [-0.39, 0.29) is 0 Å². The van der Waals surface area contributed by atoms with Crippen LogP contribution in [0.15, 0.2) is 229 Å². The molecule has 12 aromatic rings. The molecule has 60 heavy (non-hydrogen) atoms. The molecule has 0 bridgehead atoms. The van der Waals surface area contributed by atoms with Gasteiger partial charge in [-0.2, -0.15) is 0 Å². The first-order chi connectivity index (χ1) is 29.8. The largest absolute Gasteiger partial charge is 0.455 e. The number of fused-ring (bicyclic) bond motifs is 9. The van der Waals surface area contributed by atoms with Crippen LogP contribution in [0.4, 0.5) is 17.1 Å². The van der Waals surface area contributed by atoms with Crippen LogP contribution in [0.25, 0.3) is 98.4 Å². The smallest absolute Gasteiger partial charge is 0.143 e. The third kappa shape index (κ3) is 5.50. The number of furan rings is 1. The van der Waals surface area contributed by atoms with E-state index in [1.165, 1.54) is 60.0 Å². The van der Waals surface area contributed by atoms with E-state index in [4.69, 9.17) is 4.42 Å². The molecule has 1 aromatic heterocycles. The molecule has 12 rings (SSSR count). The average molecular weight is 764 g/mol. The van der Waals surface area contributed by atoms with Gasteiger partial charge >= 0.3 is 0 Å². The van der Waals surface area contributed by atoms with Crippen LogP contribution in [0.1, 0.15) is 0 Å². The lowest BCUT2D eigenvalue weighted by Crippen LogP contribution is -2.11. The lowest BCUT2D eigenvalue weighted by atomic mass is 9.95. The van der Waals surface area contributed by atoms with Gasteiger partial charge in [-0.1, -0.05) is 194 Å². The first kappa shape index (κ1) is 34.1. The van der Waals surface area contributed by atoms with Crippen LogP contribution in [-0.4, -0.2) is 0 Å². The third-order valence-electron chi connectivity index (χ3n) is 12.3. The van der Waals surface area contributed by atoms with E-state index in [0.29, 0.717) is 0 Å². The number of anilines is 3. The quantitative estimate of drug-likeness (QED) is 0.157. The van der Waals surface area contributed by atoms with E-state index < -0.39 is 0 Å². The molecule has 2 nitrogen and oxygen atoms in total. The number of rotatable bonds is 6. The fraction of sp³-hybridized carbons (Fsp3) is 0. The van der Waals surface area contributed by atoms with E-state index >= 15 is 0 Å². The van der Waals surface area contributed by atoms with Crippen LogP contribution in [0.2, 0.25) is 0 Å². The fourth-order valence-corrected chi connectivity index (χ4v) is 9.38. The second kappa shape index (κ2) is 13.9. The summed E-state index contributed by atoms with van der Waals surface area (Å²) >= 11 is 0. The van der Waals surface area contributed by atoms with Gasteiger partial charge in [0, 0.05) is 38.4 Å². The van der Waals surface area contributed by atoms with Gasteiger partial charge in [0.25, 0.3) is 0 Å². The Morgan fingerprint density at radius 3 is 1.53 bits per heavy atom. The number of para-hydroxylation sites is 2. The summed E-state index contributed by atoms with van der Waals surface area (Å²) in [5, 5.41) is 11.9. The van der Waals surface area contributed by atoms with Gasteiger partial charge in [-0.05, 0) is 84.9 Å². The minimum Gasteiger partial charge on any atom is -0.455 e. The van der Waals surface area contributed by atoms with Gasteiger partial charge in [0.1, 0.15) is 11.2 Å². The van der Waals surface area contributed by atoms with Crippen molar-refractivity contribution in [2.24, 2.45) is 0 Å². The predicted octanol–water partition coefficient (Wildman–Crippen LogP) is 16.7. The van der Waals surface area contributed by atoms with E-state index in [2.05, 4.69) is 229 Å². The Morgan fingerprint density at radius 2 is 0.733 bits per heavy atom. The molecule has 1 heterocycles. The Kier molecular flexibility index (Phi) is 7.89. The van der Waals surface area contributed by atoms with Crippen molar-refractivity contribution in [2.75, 3.05) is 4.90 Å².